The molecule has 0 aliphatic rings. The quantitative estimate of drug-likeness (QED) is 0.588. The standard InChI is InChI=1S/C16H28N2O/c1-12-6-7-13(2)14(10-12)11-15(18-17)8-9-16(3,4)19-5/h6-7,10,15,18H,8-9,11,17H2,1-5H3. The second-order valence-corrected chi connectivity index (χ2v) is 6.00. The summed E-state index contributed by atoms with van der Waals surface area (Å²) in [7, 11) is 1.76. The molecule has 0 spiro atoms. The summed E-state index contributed by atoms with van der Waals surface area (Å²) in [4.78, 5) is 0. The van der Waals surface area contributed by atoms with Crippen LogP contribution in [0.3, 0.4) is 0 Å². The average Bonchev–Trinajstić information content (AvgIpc) is 2.38. The fourth-order valence-electron chi connectivity index (χ4n) is 2.15. The summed E-state index contributed by atoms with van der Waals surface area (Å²) < 4.78 is 5.46. The number of rotatable bonds is 7. The molecule has 0 bridgehead atoms. The Morgan fingerprint density at radius 1 is 1.32 bits per heavy atom. The van der Waals surface area contributed by atoms with Crippen LogP contribution in [0.2, 0.25) is 0 Å². The predicted molar refractivity (Wildman–Crippen MR) is 81.1 cm³/mol. The molecule has 1 unspecified atom stereocenters. The fraction of sp³-hybridized carbons (Fsp3) is 0.625. The third-order valence-electron chi connectivity index (χ3n) is 3.85. The average molecular weight is 264 g/mol. The Hall–Kier alpha value is -0.900. The molecular weight excluding hydrogens is 236 g/mol. The van der Waals surface area contributed by atoms with Crippen LogP contribution in [0.5, 0.6) is 0 Å². The minimum Gasteiger partial charge on any atom is -0.379 e. The Balaban J connectivity index is 2.64. The second-order valence-electron chi connectivity index (χ2n) is 6.00. The number of ether oxygens (including phenoxy) is 1. The van der Waals surface area contributed by atoms with E-state index in [-0.39, 0.29) is 11.6 Å². The van der Waals surface area contributed by atoms with Gasteiger partial charge >= 0.3 is 0 Å². The second kappa shape index (κ2) is 7.04. The monoisotopic (exact) mass is 264 g/mol. The smallest absolute Gasteiger partial charge is 0.0623 e. The summed E-state index contributed by atoms with van der Waals surface area (Å²) in [5, 5.41) is 0. The third-order valence-corrected chi connectivity index (χ3v) is 3.85. The maximum atomic E-state index is 5.69. The highest BCUT2D eigenvalue weighted by Crippen LogP contribution is 2.19. The fourth-order valence-corrected chi connectivity index (χ4v) is 2.15. The Labute approximate surface area is 117 Å². The van der Waals surface area contributed by atoms with Gasteiger partial charge < -0.3 is 4.74 Å². The van der Waals surface area contributed by atoms with Crippen molar-refractivity contribution in [1.82, 2.24) is 5.43 Å². The molecule has 0 aromatic heterocycles. The third kappa shape index (κ3) is 5.31. The first-order valence-corrected chi connectivity index (χ1v) is 6.95. The van der Waals surface area contributed by atoms with Gasteiger partial charge in [-0.15, -0.1) is 0 Å². The number of hydrogen-bond acceptors (Lipinski definition) is 3. The summed E-state index contributed by atoms with van der Waals surface area (Å²) in [6, 6.07) is 6.87. The maximum Gasteiger partial charge on any atom is 0.0623 e. The zero-order valence-corrected chi connectivity index (χ0v) is 12.9. The van der Waals surface area contributed by atoms with Crippen molar-refractivity contribution >= 4 is 0 Å². The van der Waals surface area contributed by atoms with Crippen molar-refractivity contribution in [1.29, 1.82) is 0 Å². The highest BCUT2D eigenvalue weighted by molar-refractivity contribution is 5.31. The minimum absolute atomic E-state index is 0.0866. The van der Waals surface area contributed by atoms with Crippen LogP contribution in [0, 0.1) is 13.8 Å². The van der Waals surface area contributed by atoms with Crippen molar-refractivity contribution in [2.75, 3.05) is 7.11 Å². The van der Waals surface area contributed by atoms with Crippen molar-refractivity contribution in [2.45, 2.75) is 58.6 Å². The Kier molecular flexibility index (Phi) is 5.98. The molecule has 0 aliphatic heterocycles. The molecule has 0 saturated heterocycles. The molecule has 0 radical (unpaired) electrons. The van der Waals surface area contributed by atoms with E-state index in [9.17, 15) is 0 Å². The van der Waals surface area contributed by atoms with Gasteiger partial charge in [-0.05, 0) is 58.1 Å². The number of hydrazine groups is 1. The van der Waals surface area contributed by atoms with Gasteiger partial charge in [0.1, 0.15) is 0 Å². The van der Waals surface area contributed by atoms with E-state index in [0.29, 0.717) is 0 Å². The lowest BCUT2D eigenvalue weighted by molar-refractivity contribution is 0.0117. The molecule has 3 heteroatoms. The van der Waals surface area contributed by atoms with Crippen LogP contribution in [0.25, 0.3) is 0 Å². The predicted octanol–water partition coefficient (Wildman–Crippen LogP) is 2.88. The molecule has 1 aromatic carbocycles. The largest absolute Gasteiger partial charge is 0.379 e. The number of nitrogens with one attached hydrogen (secondary N) is 1. The molecule has 0 heterocycles. The molecule has 1 rings (SSSR count). The molecule has 1 aromatic rings. The molecule has 19 heavy (non-hydrogen) atoms. The molecular formula is C16H28N2O. The van der Waals surface area contributed by atoms with E-state index in [4.69, 9.17) is 10.6 Å². The van der Waals surface area contributed by atoms with Crippen LogP contribution in [0.4, 0.5) is 0 Å². The lowest BCUT2D eigenvalue weighted by Gasteiger charge is -2.26. The van der Waals surface area contributed by atoms with E-state index < -0.39 is 0 Å². The van der Waals surface area contributed by atoms with Gasteiger partial charge in [-0.3, -0.25) is 11.3 Å². The van der Waals surface area contributed by atoms with Crippen LogP contribution in [-0.2, 0) is 11.2 Å². The molecule has 3 nitrogen and oxygen atoms in total. The van der Waals surface area contributed by atoms with Gasteiger partial charge in [0.05, 0.1) is 5.60 Å². The van der Waals surface area contributed by atoms with Crippen LogP contribution in [0.1, 0.15) is 43.4 Å². The summed E-state index contributed by atoms with van der Waals surface area (Å²) in [6.07, 6.45) is 2.96. The van der Waals surface area contributed by atoms with Gasteiger partial charge in [-0.2, -0.15) is 0 Å². The number of methoxy groups -OCH3 is 1. The van der Waals surface area contributed by atoms with Crippen LogP contribution in [0.15, 0.2) is 18.2 Å². The Bertz CT molecular complexity index is 402. The molecule has 3 N–H and O–H groups in total. The zero-order valence-electron chi connectivity index (χ0n) is 12.9. The van der Waals surface area contributed by atoms with Crippen molar-refractivity contribution < 1.29 is 4.74 Å². The SMILES string of the molecule is COC(C)(C)CCC(Cc1cc(C)ccc1C)NN. The molecule has 0 fully saturated rings. The van der Waals surface area contributed by atoms with E-state index in [1.165, 1.54) is 16.7 Å². The maximum absolute atomic E-state index is 5.69. The minimum atomic E-state index is -0.0866. The van der Waals surface area contributed by atoms with E-state index in [0.717, 1.165) is 19.3 Å². The molecule has 0 aliphatic carbocycles. The van der Waals surface area contributed by atoms with Gasteiger partial charge in [0, 0.05) is 13.2 Å². The highest BCUT2D eigenvalue weighted by Gasteiger charge is 2.19. The van der Waals surface area contributed by atoms with Crippen molar-refractivity contribution in [3.63, 3.8) is 0 Å². The van der Waals surface area contributed by atoms with Gasteiger partial charge in [0.25, 0.3) is 0 Å². The van der Waals surface area contributed by atoms with Gasteiger partial charge in [0.15, 0.2) is 0 Å². The summed E-state index contributed by atoms with van der Waals surface area (Å²) in [5.74, 6) is 5.69. The van der Waals surface area contributed by atoms with E-state index in [1.807, 2.05) is 0 Å². The van der Waals surface area contributed by atoms with E-state index in [1.54, 1.807) is 7.11 Å². The summed E-state index contributed by atoms with van der Waals surface area (Å²) >= 11 is 0. The molecule has 0 amide bonds. The number of nitrogens with two attached hydrogens (primary N) is 1. The molecule has 1 atom stereocenters. The molecule has 0 saturated carbocycles. The molecule has 108 valence electrons. The van der Waals surface area contributed by atoms with Gasteiger partial charge in [0.2, 0.25) is 0 Å². The first kappa shape index (κ1) is 16.2. The van der Waals surface area contributed by atoms with Crippen molar-refractivity contribution in [2.24, 2.45) is 5.84 Å². The lowest BCUT2D eigenvalue weighted by Crippen LogP contribution is -2.38. The topological polar surface area (TPSA) is 47.3 Å². The highest BCUT2D eigenvalue weighted by atomic mass is 16.5. The van der Waals surface area contributed by atoms with E-state index >= 15 is 0 Å². The Morgan fingerprint density at radius 3 is 2.58 bits per heavy atom. The lowest BCUT2D eigenvalue weighted by atomic mass is 9.93. The van der Waals surface area contributed by atoms with Crippen LogP contribution >= 0.6 is 0 Å². The summed E-state index contributed by atoms with van der Waals surface area (Å²) in [5.41, 5.74) is 6.86. The van der Waals surface area contributed by atoms with Crippen LogP contribution < -0.4 is 11.3 Å². The zero-order chi connectivity index (χ0) is 14.5. The van der Waals surface area contributed by atoms with Crippen molar-refractivity contribution in [3.05, 3.63) is 34.9 Å². The Morgan fingerprint density at radius 2 is 2.00 bits per heavy atom. The van der Waals surface area contributed by atoms with Crippen molar-refractivity contribution in [3.8, 4) is 0 Å². The number of hydrogen-bond donors (Lipinski definition) is 2. The normalized spacial score (nSPS) is 13.6. The van der Waals surface area contributed by atoms with Gasteiger partial charge in [-0.1, -0.05) is 23.8 Å². The van der Waals surface area contributed by atoms with E-state index in [2.05, 4.69) is 51.3 Å². The first-order chi connectivity index (χ1) is 8.88. The number of benzene rings is 1. The first-order valence-electron chi connectivity index (χ1n) is 6.95. The summed E-state index contributed by atoms with van der Waals surface area (Å²) in [6.45, 7) is 8.50. The van der Waals surface area contributed by atoms with Gasteiger partial charge in [-0.25, -0.2) is 0 Å². The number of aryl methyl sites for hydroxylation is 2. The van der Waals surface area contributed by atoms with Crippen LogP contribution in [-0.4, -0.2) is 18.8 Å².